The van der Waals surface area contributed by atoms with E-state index >= 15 is 0 Å². The second kappa shape index (κ2) is 8.61. The van der Waals surface area contributed by atoms with Crippen LogP contribution < -0.4 is 10.1 Å². The molecule has 11 nitrogen and oxygen atoms in total. The molecule has 1 N–H and O–H groups in total. The minimum absolute atomic E-state index is 0.00181. The van der Waals surface area contributed by atoms with Crippen LogP contribution in [0.4, 0.5) is 20.2 Å². The van der Waals surface area contributed by atoms with E-state index in [0.717, 1.165) is 23.4 Å². The van der Waals surface area contributed by atoms with Crippen LogP contribution in [0.5, 0.6) is 5.75 Å². The lowest BCUT2D eigenvalue weighted by molar-refractivity contribution is -0.384. The van der Waals surface area contributed by atoms with E-state index in [9.17, 15) is 23.7 Å². The van der Waals surface area contributed by atoms with Crippen LogP contribution in [0.3, 0.4) is 0 Å². The van der Waals surface area contributed by atoms with Gasteiger partial charge in [-0.1, -0.05) is 0 Å². The van der Waals surface area contributed by atoms with E-state index < -0.39 is 29.6 Å². The predicted molar refractivity (Wildman–Crippen MR) is 112 cm³/mol. The first kappa shape index (κ1) is 21.8. The van der Waals surface area contributed by atoms with Gasteiger partial charge in [0.1, 0.15) is 12.4 Å². The van der Waals surface area contributed by atoms with Gasteiger partial charge in [0.05, 0.1) is 28.6 Å². The van der Waals surface area contributed by atoms with Gasteiger partial charge in [0.15, 0.2) is 11.3 Å². The molecular formula is C20H17F2N7O4. The number of anilines is 1. The zero-order valence-corrected chi connectivity index (χ0v) is 17.4. The van der Waals surface area contributed by atoms with Gasteiger partial charge in [-0.2, -0.15) is 10.2 Å². The number of nitro groups is 1. The number of halogens is 2. The number of alkyl halides is 2. The van der Waals surface area contributed by atoms with Crippen LogP contribution in [0.1, 0.15) is 16.2 Å². The highest BCUT2D eigenvalue weighted by molar-refractivity contribution is 6.03. The first-order valence-electron chi connectivity index (χ1n) is 9.58. The van der Waals surface area contributed by atoms with Crippen LogP contribution in [-0.4, -0.2) is 48.2 Å². The number of aryl methyl sites for hydroxylation is 1. The number of carbonyl (C=O) groups excluding carboxylic acids is 1. The summed E-state index contributed by atoms with van der Waals surface area (Å²) in [7, 11) is 1.80. The van der Waals surface area contributed by atoms with E-state index in [0.29, 0.717) is 11.3 Å². The molecule has 0 saturated heterocycles. The van der Waals surface area contributed by atoms with E-state index in [2.05, 4.69) is 20.5 Å². The molecule has 0 aliphatic carbocycles. The fourth-order valence-electron chi connectivity index (χ4n) is 3.16. The first-order chi connectivity index (χ1) is 15.7. The number of carbonyl (C=O) groups is 1. The third kappa shape index (κ3) is 4.46. The van der Waals surface area contributed by atoms with Crippen molar-refractivity contribution in [3.8, 4) is 17.0 Å². The predicted octanol–water partition coefficient (Wildman–Crippen LogP) is 3.24. The second-order valence-electron chi connectivity index (χ2n) is 7.03. The Morgan fingerprint density at radius 3 is 2.76 bits per heavy atom. The molecule has 1 aromatic carbocycles. The molecule has 0 aliphatic heterocycles. The number of nitrogens with zero attached hydrogens (tertiary/aromatic N) is 6. The summed E-state index contributed by atoms with van der Waals surface area (Å²) in [5, 5.41) is 22.2. The van der Waals surface area contributed by atoms with Crippen molar-refractivity contribution in [1.29, 1.82) is 0 Å². The number of non-ortho nitro benzene ring substituents is 1. The molecule has 33 heavy (non-hydrogen) atoms. The number of benzene rings is 1. The van der Waals surface area contributed by atoms with E-state index in [-0.39, 0.29) is 17.1 Å². The van der Waals surface area contributed by atoms with Gasteiger partial charge in [-0.15, -0.1) is 0 Å². The van der Waals surface area contributed by atoms with Gasteiger partial charge in [0.2, 0.25) is 0 Å². The SMILES string of the molecule is Cc1c(-c2ccnc3cc(C(=O)Nc4cc(OCC(F)F)cc([N+](=O)[O-])c4)nn23)cnn1C. The minimum atomic E-state index is -2.76. The van der Waals surface area contributed by atoms with Gasteiger partial charge in [0.25, 0.3) is 18.0 Å². The summed E-state index contributed by atoms with van der Waals surface area (Å²) in [6.45, 7) is 0.949. The third-order valence-corrected chi connectivity index (χ3v) is 4.84. The van der Waals surface area contributed by atoms with Gasteiger partial charge < -0.3 is 10.1 Å². The number of nitro benzene ring substituents is 1. The van der Waals surface area contributed by atoms with Crippen LogP contribution in [0, 0.1) is 17.0 Å². The Hall–Kier alpha value is -4.42. The molecule has 4 rings (SSSR count). The van der Waals surface area contributed by atoms with Crippen molar-refractivity contribution in [3.05, 3.63) is 64.2 Å². The first-order valence-corrected chi connectivity index (χ1v) is 9.58. The van der Waals surface area contributed by atoms with Gasteiger partial charge in [0, 0.05) is 42.7 Å². The Balaban J connectivity index is 1.65. The number of nitrogens with one attached hydrogen (secondary N) is 1. The summed E-state index contributed by atoms with van der Waals surface area (Å²) in [4.78, 5) is 27.5. The molecule has 0 atom stereocenters. The minimum Gasteiger partial charge on any atom is -0.487 e. The molecule has 1 amide bonds. The maximum absolute atomic E-state index is 12.8. The average Bonchev–Trinajstić information content (AvgIpc) is 3.36. The number of rotatable bonds is 7. The van der Waals surface area contributed by atoms with Crippen LogP contribution in [0.15, 0.2) is 42.7 Å². The Morgan fingerprint density at radius 1 is 1.30 bits per heavy atom. The molecule has 0 fully saturated rings. The molecular weight excluding hydrogens is 440 g/mol. The van der Waals surface area contributed by atoms with Crippen LogP contribution in [0.25, 0.3) is 16.9 Å². The summed E-state index contributed by atoms with van der Waals surface area (Å²) in [5.41, 5.74) is 2.33. The number of amides is 1. The molecule has 3 aromatic heterocycles. The van der Waals surface area contributed by atoms with Crippen LogP contribution in [0.2, 0.25) is 0 Å². The van der Waals surface area contributed by atoms with Crippen molar-refractivity contribution < 1.29 is 23.2 Å². The Labute approximate surface area is 184 Å². The second-order valence-corrected chi connectivity index (χ2v) is 7.03. The number of aromatic nitrogens is 5. The fourth-order valence-corrected chi connectivity index (χ4v) is 3.16. The number of fused-ring (bicyclic) bond motifs is 1. The highest BCUT2D eigenvalue weighted by Crippen LogP contribution is 2.27. The van der Waals surface area contributed by atoms with E-state index in [1.54, 1.807) is 30.2 Å². The fraction of sp³-hybridized carbons (Fsp3) is 0.200. The molecule has 0 spiro atoms. The van der Waals surface area contributed by atoms with E-state index in [1.807, 2.05) is 6.92 Å². The normalized spacial score (nSPS) is 11.2. The lowest BCUT2D eigenvalue weighted by atomic mass is 10.2. The van der Waals surface area contributed by atoms with Crippen molar-refractivity contribution in [2.24, 2.45) is 7.05 Å². The number of hydrogen-bond acceptors (Lipinski definition) is 7. The highest BCUT2D eigenvalue weighted by Gasteiger charge is 2.18. The standard InChI is InChI=1S/C20H17F2N7O4/c1-11-15(9-24-27(11)2)17-3-4-23-19-8-16(26-28(17)19)20(30)25-12-5-13(29(31)32)7-14(6-12)33-10-18(21)22/h3-9,18H,10H2,1-2H3,(H,25,30). The average molecular weight is 457 g/mol. The molecule has 4 aromatic rings. The van der Waals surface area contributed by atoms with Crippen molar-refractivity contribution in [2.45, 2.75) is 13.3 Å². The lowest BCUT2D eigenvalue weighted by Gasteiger charge is -2.08. The maximum atomic E-state index is 12.8. The number of ether oxygens (including phenoxy) is 1. The maximum Gasteiger partial charge on any atom is 0.276 e. The number of hydrogen-bond donors (Lipinski definition) is 1. The molecule has 0 radical (unpaired) electrons. The van der Waals surface area contributed by atoms with Crippen LogP contribution in [-0.2, 0) is 7.05 Å². The van der Waals surface area contributed by atoms with E-state index in [1.165, 1.54) is 16.6 Å². The summed E-state index contributed by atoms with van der Waals surface area (Å²) in [6, 6.07) is 6.49. The van der Waals surface area contributed by atoms with E-state index in [4.69, 9.17) is 4.74 Å². The molecule has 170 valence electrons. The molecule has 13 heteroatoms. The monoisotopic (exact) mass is 457 g/mol. The smallest absolute Gasteiger partial charge is 0.276 e. The summed E-state index contributed by atoms with van der Waals surface area (Å²) in [6.07, 6.45) is 0.494. The van der Waals surface area contributed by atoms with Crippen molar-refractivity contribution in [3.63, 3.8) is 0 Å². The van der Waals surface area contributed by atoms with Crippen molar-refractivity contribution >= 4 is 22.9 Å². The zero-order chi connectivity index (χ0) is 23.7. The highest BCUT2D eigenvalue weighted by atomic mass is 19.3. The molecule has 0 bridgehead atoms. The van der Waals surface area contributed by atoms with Crippen molar-refractivity contribution in [2.75, 3.05) is 11.9 Å². The summed E-state index contributed by atoms with van der Waals surface area (Å²) >= 11 is 0. The Morgan fingerprint density at radius 2 is 2.09 bits per heavy atom. The zero-order valence-electron chi connectivity index (χ0n) is 17.4. The lowest BCUT2D eigenvalue weighted by Crippen LogP contribution is -2.13. The van der Waals surface area contributed by atoms with Gasteiger partial charge >= 0.3 is 0 Å². The topological polar surface area (TPSA) is 129 Å². The Bertz CT molecular complexity index is 1370. The summed E-state index contributed by atoms with van der Waals surface area (Å²) < 4.78 is 32.9. The summed E-state index contributed by atoms with van der Waals surface area (Å²) in [5.74, 6) is -0.847. The molecule has 0 unspecified atom stereocenters. The third-order valence-electron chi connectivity index (χ3n) is 4.84. The molecule has 3 heterocycles. The molecule has 0 saturated carbocycles. The van der Waals surface area contributed by atoms with Gasteiger partial charge in [-0.05, 0) is 13.0 Å². The van der Waals surface area contributed by atoms with Gasteiger partial charge in [-0.3, -0.25) is 19.6 Å². The van der Waals surface area contributed by atoms with Crippen molar-refractivity contribution in [1.82, 2.24) is 24.4 Å². The van der Waals surface area contributed by atoms with Gasteiger partial charge in [-0.25, -0.2) is 18.3 Å². The van der Waals surface area contributed by atoms with Crippen LogP contribution >= 0.6 is 0 Å². The largest absolute Gasteiger partial charge is 0.487 e. The quantitative estimate of drug-likeness (QED) is 0.333. The Kier molecular flexibility index (Phi) is 5.69. The molecule has 0 aliphatic rings.